The van der Waals surface area contributed by atoms with Crippen molar-refractivity contribution in [2.45, 2.75) is 39.2 Å². The van der Waals surface area contributed by atoms with Crippen LogP contribution in [0.1, 0.15) is 30.9 Å². The third-order valence-electron chi connectivity index (χ3n) is 3.06. The molecule has 1 aromatic heterocycles. The molecule has 0 bridgehead atoms. The summed E-state index contributed by atoms with van der Waals surface area (Å²) in [6.07, 6.45) is 5.18. The molecule has 1 aliphatic rings. The van der Waals surface area contributed by atoms with Crippen LogP contribution in [0.25, 0.3) is 0 Å². The molecule has 1 aliphatic carbocycles. The first-order valence-corrected chi connectivity index (χ1v) is 5.40. The van der Waals surface area contributed by atoms with E-state index in [1.807, 2.05) is 6.92 Å². The summed E-state index contributed by atoms with van der Waals surface area (Å²) in [5.41, 5.74) is 5.56. The summed E-state index contributed by atoms with van der Waals surface area (Å²) in [6, 6.07) is 0. The molecule has 0 aromatic carbocycles. The Kier molecular flexibility index (Phi) is 2.82. The second-order valence-corrected chi connectivity index (χ2v) is 4.10. The van der Waals surface area contributed by atoms with Gasteiger partial charge in [0, 0.05) is 19.5 Å². The fourth-order valence-corrected chi connectivity index (χ4v) is 1.95. The Bertz CT molecular complexity index is 301. The van der Waals surface area contributed by atoms with Crippen LogP contribution in [0.3, 0.4) is 0 Å². The minimum atomic E-state index is 0.663. The lowest BCUT2D eigenvalue weighted by Gasteiger charge is -2.24. The number of nitrogens with two attached hydrogens (primary N) is 1. The normalized spacial score (nSPS) is 17.0. The van der Waals surface area contributed by atoms with Crippen molar-refractivity contribution in [2.75, 3.05) is 6.54 Å². The quantitative estimate of drug-likeness (QED) is 0.774. The highest BCUT2D eigenvalue weighted by Crippen LogP contribution is 2.29. The lowest BCUT2D eigenvalue weighted by atomic mass is 9.83. The van der Waals surface area contributed by atoms with Crippen molar-refractivity contribution < 1.29 is 0 Å². The molecule has 0 aliphatic heterocycles. The van der Waals surface area contributed by atoms with Gasteiger partial charge in [0.1, 0.15) is 11.6 Å². The second kappa shape index (κ2) is 4.09. The number of nitrogens with zero attached hydrogens (tertiary/aromatic N) is 3. The van der Waals surface area contributed by atoms with Crippen molar-refractivity contribution in [1.82, 2.24) is 14.8 Å². The maximum Gasteiger partial charge on any atom is 0.133 e. The second-order valence-electron chi connectivity index (χ2n) is 4.10. The number of rotatable bonds is 4. The fraction of sp³-hybridized carbons (Fsp3) is 0.800. The van der Waals surface area contributed by atoms with Crippen LogP contribution < -0.4 is 5.73 Å². The van der Waals surface area contributed by atoms with Crippen LogP contribution in [-0.4, -0.2) is 21.3 Å². The van der Waals surface area contributed by atoms with Crippen LogP contribution in [0.4, 0.5) is 0 Å². The van der Waals surface area contributed by atoms with E-state index in [1.54, 1.807) is 0 Å². The maximum atomic E-state index is 5.56. The summed E-state index contributed by atoms with van der Waals surface area (Å²) >= 11 is 0. The van der Waals surface area contributed by atoms with E-state index < -0.39 is 0 Å². The van der Waals surface area contributed by atoms with E-state index in [0.717, 1.165) is 30.5 Å². The largest absolute Gasteiger partial charge is 0.329 e. The van der Waals surface area contributed by atoms with Gasteiger partial charge in [0.25, 0.3) is 0 Å². The van der Waals surface area contributed by atoms with Crippen molar-refractivity contribution in [3.05, 3.63) is 11.6 Å². The molecule has 1 fully saturated rings. The zero-order chi connectivity index (χ0) is 9.97. The number of hydrogen-bond donors (Lipinski definition) is 1. The van der Waals surface area contributed by atoms with E-state index in [9.17, 15) is 0 Å². The van der Waals surface area contributed by atoms with E-state index in [-0.39, 0.29) is 0 Å². The molecule has 0 unspecified atom stereocenters. The van der Waals surface area contributed by atoms with Gasteiger partial charge >= 0.3 is 0 Å². The topological polar surface area (TPSA) is 56.7 Å². The number of hydrogen-bond acceptors (Lipinski definition) is 3. The molecule has 0 atom stereocenters. The van der Waals surface area contributed by atoms with Crippen LogP contribution >= 0.6 is 0 Å². The molecule has 2 rings (SSSR count). The Hall–Kier alpha value is -0.900. The van der Waals surface area contributed by atoms with Crippen LogP contribution in [0, 0.1) is 12.8 Å². The molecule has 4 nitrogen and oxygen atoms in total. The monoisotopic (exact) mass is 194 g/mol. The van der Waals surface area contributed by atoms with Crippen LogP contribution in [0.2, 0.25) is 0 Å². The highest BCUT2D eigenvalue weighted by molar-refractivity contribution is 4.96. The minimum Gasteiger partial charge on any atom is -0.329 e. The highest BCUT2D eigenvalue weighted by atomic mass is 15.3. The van der Waals surface area contributed by atoms with Crippen LogP contribution in [-0.2, 0) is 13.0 Å². The van der Waals surface area contributed by atoms with Crippen molar-refractivity contribution in [3.8, 4) is 0 Å². The first-order chi connectivity index (χ1) is 6.81. The highest BCUT2D eigenvalue weighted by Gasteiger charge is 2.20. The summed E-state index contributed by atoms with van der Waals surface area (Å²) < 4.78 is 2.15. The summed E-state index contributed by atoms with van der Waals surface area (Å²) in [4.78, 5) is 0. The van der Waals surface area contributed by atoms with E-state index in [2.05, 4.69) is 14.8 Å². The van der Waals surface area contributed by atoms with Crippen molar-refractivity contribution >= 4 is 0 Å². The molecular weight excluding hydrogens is 176 g/mol. The van der Waals surface area contributed by atoms with E-state index in [0.29, 0.717) is 6.54 Å². The summed E-state index contributed by atoms with van der Waals surface area (Å²) in [5.74, 6) is 2.96. The van der Waals surface area contributed by atoms with Gasteiger partial charge in [-0.3, -0.25) is 0 Å². The van der Waals surface area contributed by atoms with E-state index >= 15 is 0 Å². The number of aromatic nitrogens is 3. The Labute approximate surface area is 84.5 Å². The van der Waals surface area contributed by atoms with Gasteiger partial charge in [-0.1, -0.05) is 19.3 Å². The number of aryl methyl sites for hydroxylation is 1. The lowest BCUT2D eigenvalue weighted by Crippen LogP contribution is -2.19. The third kappa shape index (κ3) is 1.80. The van der Waals surface area contributed by atoms with E-state index in [4.69, 9.17) is 5.73 Å². The van der Waals surface area contributed by atoms with Crippen molar-refractivity contribution in [3.63, 3.8) is 0 Å². The average Bonchev–Trinajstić information content (AvgIpc) is 2.43. The Morgan fingerprint density at radius 1 is 1.43 bits per heavy atom. The molecular formula is C10H18N4. The van der Waals surface area contributed by atoms with Gasteiger partial charge in [-0.05, 0) is 12.8 Å². The molecule has 4 heteroatoms. The van der Waals surface area contributed by atoms with Gasteiger partial charge in [0.15, 0.2) is 0 Å². The standard InChI is InChI=1S/C10H18N4/c1-8-12-13-10(14(8)6-5-11)7-9-3-2-4-9/h9H,2-7,11H2,1H3. The minimum absolute atomic E-state index is 0.663. The Morgan fingerprint density at radius 3 is 2.79 bits per heavy atom. The molecule has 0 radical (unpaired) electrons. The summed E-state index contributed by atoms with van der Waals surface area (Å²) in [6.45, 7) is 3.50. The van der Waals surface area contributed by atoms with Crippen molar-refractivity contribution in [1.29, 1.82) is 0 Å². The van der Waals surface area contributed by atoms with Gasteiger partial charge in [0.2, 0.25) is 0 Å². The van der Waals surface area contributed by atoms with Gasteiger partial charge in [0.05, 0.1) is 0 Å². The van der Waals surface area contributed by atoms with Gasteiger partial charge in [-0.2, -0.15) is 0 Å². The van der Waals surface area contributed by atoms with E-state index in [1.165, 1.54) is 19.3 Å². The fourth-order valence-electron chi connectivity index (χ4n) is 1.95. The first kappa shape index (κ1) is 9.65. The SMILES string of the molecule is Cc1nnc(CC2CCC2)n1CCN. The predicted molar refractivity (Wildman–Crippen MR) is 54.9 cm³/mol. The molecule has 1 saturated carbocycles. The van der Waals surface area contributed by atoms with Gasteiger partial charge in [-0.25, -0.2) is 0 Å². The van der Waals surface area contributed by atoms with Crippen LogP contribution in [0.15, 0.2) is 0 Å². The van der Waals surface area contributed by atoms with Crippen LogP contribution in [0.5, 0.6) is 0 Å². The molecule has 14 heavy (non-hydrogen) atoms. The molecule has 2 N–H and O–H groups in total. The summed E-state index contributed by atoms with van der Waals surface area (Å²) in [7, 11) is 0. The first-order valence-electron chi connectivity index (χ1n) is 5.40. The molecule has 0 saturated heterocycles. The zero-order valence-corrected chi connectivity index (χ0v) is 8.74. The maximum absolute atomic E-state index is 5.56. The summed E-state index contributed by atoms with van der Waals surface area (Å²) in [5, 5.41) is 8.32. The molecule has 0 spiro atoms. The molecule has 1 aromatic rings. The lowest BCUT2D eigenvalue weighted by molar-refractivity contribution is 0.305. The molecule has 0 amide bonds. The average molecular weight is 194 g/mol. The van der Waals surface area contributed by atoms with Gasteiger partial charge < -0.3 is 10.3 Å². The Morgan fingerprint density at radius 2 is 2.21 bits per heavy atom. The predicted octanol–water partition coefficient (Wildman–Crippen LogP) is 0.888. The third-order valence-corrected chi connectivity index (χ3v) is 3.06. The van der Waals surface area contributed by atoms with Gasteiger partial charge in [-0.15, -0.1) is 10.2 Å². The smallest absolute Gasteiger partial charge is 0.133 e. The molecule has 78 valence electrons. The van der Waals surface area contributed by atoms with Crippen molar-refractivity contribution in [2.24, 2.45) is 11.7 Å². The molecule has 1 heterocycles. The Balaban J connectivity index is 2.06. The zero-order valence-electron chi connectivity index (χ0n) is 8.74.